The number of anilines is 2. The van der Waals surface area contributed by atoms with Crippen molar-refractivity contribution in [3.8, 4) is 5.75 Å². The highest BCUT2D eigenvalue weighted by Crippen LogP contribution is 2.29. The number of hydrogen-bond donors (Lipinski definition) is 1. The number of fused-ring (bicyclic) bond motifs is 1. The molecule has 0 bridgehead atoms. The Balaban J connectivity index is 1.58. The van der Waals surface area contributed by atoms with E-state index in [0.29, 0.717) is 29.0 Å². The van der Waals surface area contributed by atoms with Crippen molar-refractivity contribution in [1.82, 2.24) is 0 Å². The van der Waals surface area contributed by atoms with Crippen molar-refractivity contribution in [1.29, 1.82) is 0 Å². The van der Waals surface area contributed by atoms with Crippen molar-refractivity contribution < 1.29 is 28.7 Å². The Labute approximate surface area is 161 Å². The summed E-state index contributed by atoms with van der Waals surface area (Å²) in [5, 5.41) is 2.69. The van der Waals surface area contributed by atoms with E-state index in [1.165, 1.54) is 11.8 Å². The molecule has 2 amide bonds. The summed E-state index contributed by atoms with van der Waals surface area (Å²) in [6.07, 6.45) is -0.392. The van der Waals surface area contributed by atoms with Crippen LogP contribution < -0.4 is 15.0 Å². The predicted molar refractivity (Wildman–Crippen MR) is 100 cm³/mol. The van der Waals surface area contributed by atoms with E-state index in [1.807, 2.05) is 0 Å². The smallest absolute Gasteiger partial charge is 0.344 e. The molecule has 1 heterocycles. The molecule has 2 aromatic carbocycles. The molecule has 1 unspecified atom stereocenters. The second-order valence-corrected chi connectivity index (χ2v) is 6.10. The molecule has 0 saturated carbocycles. The van der Waals surface area contributed by atoms with Gasteiger partial charge in [-0.05, 0) is 43.3 Å². The third-order valence-electron chi connectivity index (χ3n) is 4.07. The molecule has 0 aliphatic carbocycles. The number of nitrogens with one attached hydrogen (secondary N) is 1. The number of rotatable bonds is 6. The first-order valence-electron chi connectivity index (χ1n) is 8.55. The minimum absolute atomic E-state index is 0.155. The Bertz CT molecular complexity index is 909. The fourth-order valence-electron chi connectivity index (χ4n) is 2.72. The second-order valence-electron chi connectivity index (χ2n) is 6.10. The average molecular weight is 382 g/mol. The number of ether oxygens (including phenoxy) is 2. The van der Waals surface area contributed by atoms with Crippen LogP contribution in [0, 0.1) is 0 Å². The minimum Gasteiger partial charge on any atom is -0.482 e. The number of nitrogens with zero attached hydrogens (tertiary/aromatic N) is 1. The SMILES string of the molecule is CC(OC(=O)COc1ccc(C=O)cc1)C(=O)N1CC(=O)Nc2ccccc21. The molecule has 0 radical (unpaired) electrons. The highest BCUT2D eigenvalue weighted by molar-refractivity contribution is 6.11. The zero-order valence-electron chi connectivity index (χ0n) is 15.1. The highest BCUT2D eigenvalue weighted by atomic mass is 16.6. The van der Waals surface area contributed by atoms with Crippen LogP contribution in [0.4, 0.5) is 11.4 Å². The van der Waals surface area contributed by atoms with Crippen molar-refractivity contribution in [2.24, 2.45) is 0 Å². The van der Waals surface area contributed by atoms with Gasteiger partial charge < -0.3 is 14.8 Å². The van der Waals surface area contributed by atoms with Gasteiger partial charge in [-0.3, -0.25) is 19.3 Å². The number of amides is 2. The van der Waals surface area contributed by atoms with Crippen molar-refractivity contribution >= 4 is 35.4 Å². The predicted octanol–water partition coefficient (Wildman–Crippen LogP) is 1.79. The fraction of sp³-hybridized carbons (Fsp3) is 0.200. The molecule has 2 aromatic rings. The zero-order valence-corrected chi connectivity index (χ0v) is 15.1. The van der Waals surface area contributed by atoms with Gasteiger partial charge in [0.15, 0.2) is 12.7 Å². The molecule has 8 nitrogen and oxygen atoms in total. The maximum absolute atomic E-state index is 12.7. The lowest BCUT2D eigenvalue weighted by molar-refractivity contribution is -0.155. The topological polar surface area (TPSA) is 102 Å². The van der Waals surface area contributed by atoms with E-state index in [-0.39, 0.29) is 12.5 Å². The standard InChI is InChI=1S/C20H18N2O6/c1-13(28-19(25)12-27-15-8-6-14(11-23)7-9-15)20(26)22-10-18(24)21-16-4-2-3-5-17(16)22/h2-9,11,13H,10,12H2,1H3,(H,21,24). The van der Waals surface area contributed by atoms with Gasteiger partial charge in [0.1, 0.15) is 18.6 Å². The highest BCUT2D eigenvalue weighted by Gasteiger charge is 2.31. The fourth-order valence-corrected chi connectivity index (χ4v) is 2.72. The van der Waals surface area contributed by atoms with Gasteiger partial charge in [0.25, 0.3) is 5.91 Å². The Hall–Kier alpha value is -3.68. The molecular weight excluding hydrogens is 364 g/mol. The molecule has 0 spiro atoms. The van der Waals surface area contributed by atoms with Crippen LogP contribution in [-0.2, 0) is 19.1 Å². The summed E-state index contributed by atoms with van der Waals surface area (Å²) in [6.45, 7) is 0.890. The van der Waals surface area contributed by atoms with Crippen molar-refractivity contribution in [2.75, 3.05) is 23.4 Å². The molecule has 0 fully saturated rings. The van der Waals surface area contributed by atoms with E-state index in [2.05, 4.69) is 5.32 Å². The molecule has 3 rings (SSSR count). The van der Waals surface area contributed by atoms with Crippen LogP contribution >= 0.6 is 0 Å². The van der Waals surface area contributed by atoms with Gasteiger partial charge in [0, 0.05) is 5.56 Å². The molecule has 1 aliphatic rings. The summed E-state index contributed by atoms with van der Waals surface area (Å²) in [4.78, 5) is 48.4. The molecule has 1 aliphatic heterocycles. The Kier molecular flexibility index (Phi) is 5.69. The van der Waals surface area contributed by atoms with Crippen molar-refractivity contribution in [2.45, 2.75) is 13.0 Å². The lowest BCUT2D eigenvalue weighted by Crippen LogP contribution is -2.47. The molecule has 28 heavy (non-hydrogen) atoms. The number of carbonyl (C=O) groups is 4. The summed E-state index contributed by atoms with van der Waals surface area (Å²) < 4.78 is 10.4. The number of esters is 1. The quantitative estimate of drug-likeness (QED) is 0.604. The van der Waals surface area contributed by atoms with Gasteiger partial charge in [-0.1, -0.05) is 12.1 Å². The van der Waals surface area contributed by atoms with Gasteiger partial charge in [-0.2, -0.15) is 0 Å². The van der Waals surface area contributed by atoms with Gasteiger partial charge in [-0.25, -0.2) is 4.79 Å². The number of carbonyl (C=O) groups excluding carboxylic acids is 4. The van der Waals surface area contributed by atoms with Gasteiger partial charge in [0.05, 0.1) is 11.4 Å². The third-order valence-corrected chi connectivity index (χ3v) is 4.07. The number of hydrogen-bond acceptors (Lipinski definition) is 6. The third kappa shape index (κ3) is 4.35. The van der Waals surface area contributed by atoms with Crippen LogP contribution in [0.5, 0.6) is 5.75 Å². The van der Waals surface area contributed by atoms with Crippen LogP contribution in [0.1, 0.15) is 17.3 Å². The molecule has 1 N–H and O–H groups in total. The molecule has 144 valence electrons. The van der Waals surface area contributed by atoms with Crippen molar-refractivity contribution in [3.63, 3.8) is 0 Å². The Morgan fingerprint density at radius 3 is 2.61 bits per heavy atom. The summed E-state index contributed by atoms with van der Waals surface area (Å²) >= 11 is 0. The molecule has 8 heteroatoms. The first-order valence-corrected chi connectivity index (χ1v) is 8.55. The first-order chi connectivity index (χ1) is 13.5. The summed E-state index contributed by atoms with van der Waals surface area (Å²) in [5.74, 6) is -1.17. The van der Waals surface area contributed by atoms with E-state index >= 15 is 0 Å². The van der Waals surface area contributed by atoms with Crippen LogP contribution in [0.15, 0.2) is 48.5 Å². The molecule has 0 aromatic heterocycles. The van der Waals surface area contributed by atoms with E-state index < -0.39 is 24.6 Å². The summed E-state index contributed by atoms with van der Waals surface area (Å²) in [6, 6.07) is 13.1. The first kappa shape index (κ1) is 19.1. The van der Waals surface area contributed by atoms with Gasteiger partial charge >= 0.3 is 5.97 Å². The lowest BCUT2D eigenvalue weighted by Gasteiger charge is -2.30. The largest absolute Gasteiger partial charge is 0.482 e. The molecule has 0 saturated heterocycles. The van der Waals surface area contributed by atoms with Crippen molar-refractivity contribution in [3.05, 3.63) is 54.1 Å². The Morgan fingerprint density at radius 2 is 1.89 bits per heavy atom. The monoisotopic (exact) mass is 382 g/mol. The second kappa shape index (κ2) is 8.34. The van der Waals surface area contributed by atoms with E-state index in [4.69, 9.17) is 9.47 Å². The molecular formula is C20H18N2O6. The van der Waals surface area contributed by atoms with Crippen LogP contribution in [0.3, 0.4) is 0 Å². The maximum Gasteiger partial charge on any atom is 0.344 e. The van der Waals surface area contributed by atoms with Gasteiger partial charge in [0.2, 0.25) is 5.91 Å². The lowest BCUT2D eigenvalue weighted by atomic mass is 10.1. The van der Waals surface area contributed by atoms with Gasteiger partial charge in [-0.15, -0.1) is 0 Å². The zero-order chi connectivity index (χ0) is 20.1. The van der Waals surface area contributed by atoms with E-state index in [0.717, 1.165) is 0 Å². The summed E-state index contributed by atoms with van der Waals surface area (Å²) in [7, 11) is 0. The van der Waals surface area contributed by atoms with Crippen LogP contribution in [0.25, 0.3) is 0 Å². The summed E-state index contributed by atoms with van der Waals surface area (Å²) in [5.41, 5.74) is 1.55. The normalized spacial score (nSPS) is 13.8. The number of aldehydes is 1. The maximum atomic E-state index is 12.7. The minimum atomic E-state index is -1.09. The number of benzene rings is 2. The van der Waals surface area contributed by atoms with E-state index in [9.17, 15) is 19.2 Å². The van der Waals surface area contributed by atoms with Crippen LogP contribution in [-0.4, -0.2) is 43.3 Å². The Morgan fingerprint density at radius 1 is 1.18 bits per heavy atom. The van der Waals surface area contributed by atoms with E-state index in [1.54, 1.807) is 48.5 Å². The molecule has 1 atom stereocenters. The van der Waals surface area contributed by atoms with Crippen LogP contribution in [0.2, 0.25) is 0 Å². The number of para-hydroxylation sites is 2. The average Bonchev–Trinajstić information content (AvgIpc) is 2.71.